The van der Waals surface area contributed by atoms with Crippen LogP contribution in [0.1, 0.15) is 52.8 Å². The van der Waals surface area contributed by atoms with Crippen molar-refractivity contribution in [2.45, 2.75) is 64.6 Å². The Balaban J connectivity index is 2.65. The van der Waals surface area contributed by atoms with E-state index in [0.717, 1.165) is 11.0 Å². The second-order valence-corrected chi connectivity index (χ2v) is 7.89. The Morgan fingerprint density at radius 2 is 1.85 bits per heavy atom. The minimum Gasteiger partial charge on any atom is -0.378 e. The van der Waals surface area contributed by atoms with Gasteiger partial charge >= 0.3 is 5.69 Å². The van der Waals surface area contributed by atoms with Gasteiger partial charge in [-0.05, 0) is 20.3 Å². The lowest BCUT2D eigenvalue weighted by atomic mass is 10.2. The summed E-state index contributed by atoms with van der Waals surface area (Å²) in [5, 5.41) is 1.04. The van der Waals surface area contributed by atoms with E-state index in [-0.39, 0.29) is 23.3 Å². The van der Waals surface area contributed by atoms with Crippen molar-refractivity contribution in [3.63, 3.8) is 0 Å². The number of hydrogen-bond acceptors (Lipinski definition) is 6. The molecule has 144 valence electrons. The number of hydrogen-bond donors (Lipinski definition) is 0. The van der Waals surface area contributed by atoms with Gasteiger partial charge in [-0.25, -0.2) is 14.8 Å². The van der Waals surface area contributed by atoms with Crippen LogP contribution >= 0.6 is 11.8 Å². The van der Waals surface area contributed by atoms with Crippen LogP contribution in [0, 0.1) is 0 Å². The second kappa shape index (κ2) is 8.81. The Bertz CT molecular complexity index is 887. The van der Waals surface area contributed by atoms with Gasteiger partial charge in [0, 0.05) is 25.3 Å². The van der Waals surface area contributed by atoms with Crippen LogP contribution in [0.2, 0.25) is 0 Å². The molecule has 2 heterocycles. The maximum Gasteiger partial charge on any atom is 0.332 e. The smallest absolute Gasteiger partial charge is 0.332 e. The number of rotatable bonds is 8. The van der Waals surface area contributed by atoms with Crippen molar-refractivity contribution < 1.29 is 4.74 Å². The van der Waals surface area contributed by atoms with Crippen molar-refractivity contribution in [1.82, 2.24) is 19.1 Å². The van der Waals surface area contributed by atoms with Gasteiger partial charge in [-0.3, -0.25) is 13.9 Å². The summed E-state index contributed by atoms with van der Waals surface area (Å²) in [4.78, 5) is 34.5. The Morgan fingerprint density at radius 1 is 1.15 bits per heavy atom. The molecule has 0 radical (unpaired) electrons. The normalized spacial score (nSPS) is 11.8. The van der Waals surface area contributed by atoms with Crippen LogP contribution in [0.3, 0.4) is 0 Å². The number of aromatic nitrogens is 4. The van der Waals surface area contributed by atoms with Crippen LogP contribution in [-0.2, 0) is 18.3 Å². The van der Waals surface area contributed by atoms with E-state index in [4.69, 9.17) is 4.74 Å². The molecule has 0 saturated carbocycles. The van der Waals surface area contributed by atoms with Gasteiger partial charge in [0.05, 0.1) is 12.7 Å². The summed E-state index contributed by atoms with van der Waals surface area (Å²) < 4.78 is 8.31. The average molecular weight is 381 g/mol. The highest BCUT2D eigenvalue weighted by molar-refractivity contribution is 7.99. The summed E-state index contributed by atoms with van der Waals surface area (Å²) in [7, 11) is 1.50. The van der Waals surface area contributed by atoms with Crippen LogP contribution in [0.15, 0.2) is 14.6 Å². The first-order valence-corrected chi connectivity index (χ1v) is 10.0. The van der Waals surface area contributed by atoms with Gasteiger partial charge in [-0.2, -0.15) is 0 Å². The maximum absolute atomic E-state index is 12.8. The molecule has 0 aliphatic heterocycles. The minimum atomic E-state index is -0.347. The molecule has 0 atom stereocenters. The monoisotopic (exact) mass is 380 g/mol. The first-order valence-electron chi connectivity index (χ1n) is 9.03. The van der Waals surface area contributed by atoms with Crippen LogP contribution < -0.4 is 11.2 Å². The van der Waals surface area contributed by atoms with Crippen molar-refractivity contribution in [2.75, 3.05) is 12.4 Å². The molecule has 8 heteroatoms. The summed E-state index contributed by atoms with van der Waals surface area (Å²) in [6.45, 7) is 11.0. The number of aryl methyl sites for hydroxylation is 1. The fraction of sp³-hybridized carbons (Fsp3) is 0.667. The lowest BCUT2D eigenvalue weighted by Gasteiger charge is -2.15. The van der Waals surface area contributed by atoms with E-state index in [2.05, 4.69) is 9.97 Å². The molecule has 2 rings (SSSR count). The molecule has 0 spiro atoms. The summed E-state index contributed by atoms with van der Waals surface area (Å²) in [5.41, 5.74) is -0.247. The Morgan fingerprint density at radius 3 is 2.42 bits per heavy atom. The van der Waals surface area contributed by atoms with Crippen molar-refractivity contribution in [2.24, 2.45) is 7.05 Å². The standard InChI is InChI=1S/C18H28N4O3S/c1-7-8-22-15-13(17(23)21(6)18(22)24)16(20-14(19-15)11(2)3)26-10-9-25-12(4)5/h11-12H,7-10H2,1-6H3. The number of nitrogens with zero attached hydrogens (tertiary/aromatic N) is 4. The Hall–Kier alpha value is -1.67. The molecular formula is C18H28N4O3S. The molecule has 0 aliphatic carbocycles. The van der Waals surface area contributed by atoms with E-state index < -0.39 is 0 Å². The molecule has 0 aliphatic rings. The van der Waals surface area contributed by atoms with E-state index in [9.17, 15) is 9.59 Å². The van der Waals surface area contributed by atoms with Gasteiger partial charge in [-0.1, -0.05) is 20.8 Å². The Labute approximate surface area is 157 Å². The largest absolute Gasteiger partial charge is 0.378 e. The van der Waals surface area contributed by atoms with Crippen molar-refractivity contribution in [1.29, 1.82) is 0 Å². The highest BCUT2D eigenvalue weighted by Crippen LogP contribution is 2.24. The Kier molecular flexibility index (Phi) is 7.00. The maximum atomic E-state index is 12.8. The fourth-order valence-electron chi connectivity index (χ4n) is 2.56. The van der Waals surface area contributed by atoms with Gasteiger partial charge < -0.3 is 4.74 Å². The zero-order valence-corrected chi connectivity index (χ0v) is 17.2. The topological polar surface area (TPSA) is 79.0 Å². The van der Waals surface area contributed by atoms with Crippen LogP contribution in [0.4, 0.5) is 0 Å². The lowest BCUT2D eigenvalue weighted by molar-refractivity contribution is 0.0920. The third-order valence-corrected chi connectivity index (χ3v) is 4.84. The molecule has 0 fully saturated rings. The van der Waals surface area contributed by atoms with Gasteiger partial charge in [0.15, 0.2) is 5.65 Å². The van der Waals surface area contributed by atoms with E-state index in [1.54, 1.807) is 4.57 Å². The van der Waals surface area contributed by atoms with Crippen molar-refractivity contribution >= 4 is 22.8 Å². The molecule has 0 aromatic carbocycles. The molecule has 0 unspecified atom stereocenters. The molecule has 2 aromatic rings. The third-order valence-electron chi connectivity index (χ3n) is 3.90. The molecule has 2 aromatic heterocycles. The predicted octanol–water partition coefficient (Wildman–Crippen LogP) is 2.54. The quantitative estimate of drug-likeness (QED) is 0.398. The molecule has 0 saturated heterocycles. The summed E-state index contributed by atoms with van der Waals surface area (Å²) in [5.74, 6) is 1.42. The van der Waals surface area contributed by atoms with Gasteiger partial charge in [0.2, 0.25) is 0 Å². The van der Waals surface area contributed by atoms with Gasteiger partial charge in [-0.15, -0.1) is 11.8 Å². The SMILES string of the molecule is CCCn1c(=O)n(C)c(=O)c2c(SCCOC(C)C)nc(C(C)C)nc21. The third kappa shape index (κ3) is 4.35. The van der Waals surface area contributed by atoms with Gasteiger partial charge in [0.1, 0.15) is 16.2 Å². The zero-order valence-electron chi connectivity index (χ0n) is 16.4. The summed E-state index contributed by atoms with van der Waals surface area (Å²) in [6.07, 6.45) is 0.936. The average Bonchev–Trinajstić information content (AvgIpc) is 2.59. The fourth-order valence-corrected chi connectivity index (χ4v) is 3.42. The summed E-state index contributed by atoms with van der Waals surface area (Å²) in [6, 6.07) is 0. The molecule has 0 bridgehead atoms. The number of thioether (sulfide) groups is 1. The molecule has 0 amide bonds. The number of ether oxygens (including phenoxy) is 1. The highest BCUT2D eigenvalue weighted by Gasteiger charge is 2.19. The molecular weight excluding hydrogens is 352 g/mol. The zero-order chi connectivity index (χ0) is 19.4. The van der Waals surface area contributed by atoms with Crippen LogP contribution in [0.25, 0.3) is 11.0 Å². The van der Waals surface area contributed by atoms with Crippen LogP contribution in [-0.4, -0.2) is 37.6 Å². The second-order valence-electron chi connectivity index (χ2n) is 6.81. The number of fused-ring (bicyclic) bond motifs is 1. The first-order chi connectivity index (χ1) is 12.3. The lowest BCUT2D eigenvalue weighted by Crippen LogP contribution is -2.39. The van der Waals surface area contributed by atoms with E-state index >= 15 is 0 Å². The predicted molar refractivity (Wildman–Crippen MR) is 105 cm³/mol. The van der Waals surface area contributed by atoms with Crippen molar-refractivity contribution in [3.8, 4) is 0 Å². The van der Waals surface area contributed by atoms with Gasteiger partial charge in [0.25, 0.3) is 5.56 Å². The minimum absolute atomic E-state index is 0.0971. The van der Waals surface area contributed by atoms with Crippen LogP contribution in [0.5, 0.6) is 0 Å². The van der Waals surface area contributed by atoms with E-state index in [0.29, 0.717) is 40.8 Å². The molecule has 7 nitrogen and oxygen atoms in total. The highest BCUT2D eigenvalue weighted by atomic mass is 32.2. The summed E-state index contributed by atoms with van der Waals surface area (Å²) >= 11 is 1.47. The molecule has 0 N–H and O–H groups in total. The van der Waals surface area contributed by atoms with E-state index in [1.165, 1.54) is 18.8 Å². The van der Waals surface area contributed by atoms with Crippen molar-refractivity contribution in [3.05, 3.63) is 26.7 Å². The van der Waals surface area contributed by atoms with E-state index in [1.807, 2.05) is 34.6 Å². The molecule has 26 heavy (non-hydrogen) atoms. The first kappa shape index (κ1) is 20.6.